The van der Waals surface area contributed by atoms with Gasteiger partial charge in [-0.3, -0.25) is 4.90 Å². The van der Waals surface area contributed by atoms with E-state index in [1.807, 2.05) is 0 Å². The molecule has 0 aromatic heterocycles. The first-order valence-corrected chi connectivity index (χ1v) is 7.11. The molecular weight excluding hydrogens is 240 g/mol. The van der Waals surface area contributed by atoms with Gasteiger partial charge >= 0.3 is 0 Å². The van der Waals surface area contributed by atoms with Crippen molar-refractivity contribution in [3.8, 4) is 0 Å². The molecule has 0 heterocycles. The summed E-state index contributed by atoms with van der Waals surface area (Å²) in [5, 5.41) is 0. The van der Waals surface area contributed by atoms with Crippen LogP contribution in [0.5, 0.6) is 0 Å². The van der Waals surface area contributed by atoms with E-state index in [1.165, 1.54) is 24.0 Å². The van der Waals surface area contributed by atoms with Crippen LogP contribution in [0.3, 0.4) is 0 Å². The van der Waals surface area contributed by atoms with Gasteiger partial charge in [-0.1, -0.05) is 56.8 Å². The van der Waals surface area contributed by atoms with E-state index in [9.17, 15) is 0 Å². The topological polar surface area (TPSA) is 29.3 Å². The molecular formula is C15H24N2S. The van der Waals surface area contributed by atoms with Crippen molar-refractivity contribution in [3.63, 3.8) is 0 Å². The number of rotatable bonds is 7. The third kappa shape index (κ3) is 3.79. The summed E-state index contributed by atoms with van der Waals surface area (Å²) in [4.78, 5) is 2.94. The van der Waals surface area contributed by atoms with Crippen LogP contribution in [0.25, 0.3) is 0 Å². The van der Waals surface area contributed by atoms with E-state index < -0.39 is 0 Å². The Morgan fingerprint density at radius 2 is 2.00 bits per heavy atom. The number of unbranched alkanes of at least 4 members (excludes halogenated alkanes) is 1. The van der Waals surface area contributed by atoms with Crippen molar-refractivity contribution < 1.29 is 0 Å². The lowest BCUT2D eigenvalue weighted by Gasteiger charge is -2.31. The molecule has 1 aromatic carbocycles. The molecule has 0 radical (unpaired) electrons. The molecule has 1 rings (SSSR count). The van der Waals surface area contributed by atoms with Gasteiger partial charge in [0.2, 0.25) is 0 Å². The zero-order chi connectivity index (χ0) is 13.5. The molecule has 0 aliphatic heterocycles. The third-order valence-corrected chi connectivity index (χ3v) is 3.55. The minimum Gasteiger partial charge on any atom is -0.392 e. The molecule has 100 valence electrons. The number of thiocarbonyl (C=S) groups is 1. The Morgan fingerprint density at radius 1 is 1.33 bits per heavy atom. The van der Waals surface area contributed by atoms with Gasteiger partial charge in [0.15, 0.2) is 0 Å². The van der Waals surface area contributed by atoms with Crippen LogP contribution in [0.4, 0.5) is 0 Å². The second-order valence-corrected chi connectivity index (χ2v) is 5.12. The van der Waals surface area contributed by atoms with E-state index in [1.54, 1.807) is 0 Å². The Kier molecular flexibility index (Phi) is 6.30. The van der Waals surface area contributed by atoms with Crippen molar-refractivity contribution in [1.29, 1.82) is 0 Å². The summed E-state index contributed by atoms with van der Waals surface area (Å²) in [7, 11) is 0. The van der Waals surface area contributed by atoms with Gasteiger partial charge < -0.3 is 5.73 Å². The quantitative estimate of drug-likeness (QED) is 0.765. The molecule has 0 fully saturated rings. The molecule has 3 heteroatoms. The van der Waals surface area contributed by atoms with Crippen LogP contribution in [0, 0.1) is 6.92 Å². The first kappa shape index (κ1) is 15.1. The van der Waals surface area contributed by atoms with E-state index in [2.05, 4.69) is 49.9 Å². The predicted molar refractivity (Wildman–Crippen MR) is 82.9 cm³/mol. The molecule has 2 nitrogen and oxygen atoms in total. The average Bonchev–Trinajstić information content (AvgIpc) is 2.35. The highest BCUT2D eigenvalue weighted by molar-refractivity contribution is 7.80. The lowest BCUT2D eigenvalue weighted by atomic mass is 9.99. The van der Waals surface area contributed by atoms with Gasteiger partial charge in [0, 0.05) is 0 Å². The SMILES string of the molecule is CCCCN(CC)C(C(N)=S)c1ccccc1C. The first-order chi connectivity index (χ1) is 8.61. The van der Waals surface area contributed by atoms with Gasteiger partial charge in [0.05, 0.1) is 11.0 Å². The fraction of sp³-hybridized carbons (Fsp3) is 0.533. The van der Waals surface area contributed by atoms with Crippen molar-refractivity contribution in [1.82, 2.24) is 4.90 Å². The van der Waals surface area contributed by atoms with Crippen molar-refractivity contribution in [2.24, 2.45) is 5.73 Å². The highest BCUT2D eigenvalue weighted by Gasteiger charge is 2.22. The maximum atomic E-state index is 5.98. The van der Waals surface area contributed by atoms with Crippen molar-refractivity contribution >= 4 is 17.2 Å². The Hall–Kier alpha value is -0.930. The van der Waals surface area contributed by atoms with Crippen LogP contribution < -0.4 is 5.73 Å². The lowest BCUT2D eigenvalue weighted by molar-refractivity contribution is 0.253. The first-order valence-electron chi connectivity index (χ1n) is 6.70. The van der Waals surface area contributed by atoms with Crippen molar-refractivity contribution in [2.45, 2.75) is 39.7 Å². The molecule has 0 spiro atoms. The lowest BCUT2D eigenvalue weighted by Crippen LogP contribution is -2.37. The summed E-state index contributed by atoms with van der Waals surface area (Å²) in [6, 6.07) is 8.43. The van der Waals surface area contributed by atoms with Gasteiger partial charge in [-0.25, -0.2) is 0 Å². The van der Waals surface area contributed by atoms with Gasteiger partial charge in [0.1, 0.15) is 0 Å². The summed E-state index contributed by atoms with van der Waals surface area (Å²) in [5.74, 6) is 0. The predicted octanol–water partition coefficient (Wildman–Crippen LogP) is 3.44. The number of hydrogen-bond donors (Lipinski definition) is 1. The van der Waals surface area contributed by atoms with Crippen molar-refractivity contribution in [3.05, 3.63) is 35.4 Å². The van der Waals surface area contributed by atoms with E-state index in [4.69, 9.17) is 18.0 Å². The highest BCUT2D eigenvalue weighted by atomic mass is 32.1. The average molecular weight is 264 g/mol. The molecule has 1 unspecified atom stereocenters. The van der Waals surface area contributed by atoms with E-state index >= 15 is 0 Å². The summed E-state index contributed by atoms with van der Waals surface area (Å²) in [6.45, 7) is 8.50. The second kappa shape index (κ2) is 7.49. The number of aryl methyl sites for hydroxylation is 1. The molecule has 0 saturated carbocycles. The Morgan fingerprint density at radius 3 is 2.50 bits per heavy atom. The van der Waals surface area contributed by atoms with Crippen LogP contribution in [-0.4, -0.2) is 23.0 Å². The maximum Gasteiger partial charge on any atom is 0.0948 e. The zero-order valence-electron chi connectivity index (χ0n) is 11.6. The molecule has 0 bridgehead atoms. The molecule has 18 heavy (non-hydrogen) atoms. The number of hydrogen-bond acceptors (Lipinski definition) is 2. The molecule has 1 atom stereocenters. The monoisotopic (exact) mass is 264 g/mol. The standard InChI is InChI=1S/C15H24N2S/c1-4-6-11-17(5-2)14(15(16)18)13-10-8-7-9-12(13)3/h7-10,14H,4-6,11H2,1-3H3,(H2,16,18). The number of nitrogens with zero attached hydrogens (tertiary/aromatic N) is 1. The van der Waals surface area contributed by atoms with E-state index in [0.29, 0.717) is 4.99 Å². The molecule has 2 N–H and O–H groups in total. The van der Waals surface area contributed by atoms with Crippen LogP contribution in [0.2, 0.25) is 0 Å². The van der Waals surface area contributed by atoms with Crippen molar-refractivity contribution in [2.75, 3.05) is 13.1 Å². The largest absolute Gasteiger partial charge is 0.392 e. The molecule has 0 aliphatic carbocycles. The van der Waals surface area contributed by atoms with Crippen LogP contribution in [0.15, 0.2) is 24.3 Å². The number of likely N-dealkylation sites (N-methyl/N-ethyl adjacent to an activating group) is 1. The smallest absolute Gasteiger partial charge is 0.0948 e. The van der Waals surface area contributed by atoms with Gasteiger partial charge in [-0.2, -0.15) is 0 Å². The fourth-order valence-electron chi connectivity index (χ4n) is 2.25. The molecule has 0 aliphatic rings. The maximum absolute atomic E-state index is 5.98. The van der Waals surface area contributed by atoms with Gasteiger partial charge in [-0.15, -0.1) is 0 Å². The third-order valence-electron chi connectivity index (χ3n) is 3.32. The number of nitrogens with two attached hydrogens (primary N) is 1. The van der Waals surface area contributed by atoms with Crippen LogP contribution >= 0.6 is 12.2 Å². The minimum absolute atomic E-state index is 0.0674. The number of benzene rings is 1. The second-order valence-electron chi connectivity index (χ2n) is 4.64. The summed E-state index contributed by atoms with van der Waals surface area (Å²) in [5.41, 5.74) is 8.47. The Bertz CT molecular complexity index is 390. The highest BCUT2D eigenvalue weighted by Crippen LogP contribution is 2.24. The van der Waals surface area contributed by atoms with E-state index in [0.717, 1.165) is 13.1 Å². The molecule has 0 amide bonds. The normalized spacial score (nSPS) is 12.7. The molecule has 1 aromatic rings. The summed E-state index contributed by atoms with van der Waals surface area (Å²) in [6.07, 6.45) is 2.37. The van der Waals surface area contributed by atoms with Gasteiger partial charge in [0.25, 0.3) is 0 Å². The van der Waals surface area contributed by atoms with Crippen LogP contribution in [0.1, 0.15) is 43.9 Å². The Balaban J connectivity index is 3.01. The van der Waals surface area contributed by atoms with Crippen LogP contribution in [-0.2, 0) is 0 Å². The molecule has 0 saturated heterocycles. The Labute approximate surface area is 116 Å². The summed E-state index contributed by atoms with van der Waals surface area (Å²) >= 11 is 5.29. The zero-order valence-corrected chi connectivity index (χ0v) is 12.5. The van der Waals surface area contributed by atoms with E-state index in [-0.39, 0.29) is 6.04 Å². The summed E-state index contributed by atoms with van der Waals surface area (Å²) < 4.78 is 0. The van der Waals surface area contributed by atoms with Gasteiger partial charge in [-0.05, 0) is 37.6 Å². The minimum atomic E-state index is 0.0674. The fourth-order valence-corrected chi connectivity index (χ4v) is 2.53.